The summed E-state index contributed by atoms with van der Waals surface area (Å²) < 4.78 is 4.83. The van der Waals surface area contributed by atoms with Gasteiger partial charge in [0.2, 0.25) is 0 Å². The molecule has 0 aliphatic carbocycles. The van der Waals surface area contributed by atoms with Crippen LogP contribution in [0.1, 0.15) is 17.3 Å². The molecule has 0 radical (unpaired) electrons. The van der Waals surface area contributed by atoms with Crippen LogP contribution < -0.4 is 4.90 Å². The van der Waals surface area contributed by atoms with Crippen molar-refractivity contribution in [3.63, 3.8) is 0 Å². The van der Waals surface area contributed by atoms with E-state index in [1.807, 2.05) is 0 Å². The van der Waals surface area contributed by atoms with Crippen molar-refractivity contribution < 1.29 is 19.6 Å². The number of ketones is 1. The Morgan fingerprint density at radius 3 is 2.70 bits per heavy atom. The monoisotopic (exact) mass is 282 g/mol. The van der Waals surface area contributed by atoms with Crippen LogP contribution in [0.3, 0.4) is 0 Å². The molecule has 0 fully saturated rings. The van der Waals surface area contributed by atoms with E-state index in [1.54, 1.807) is 18.0 Å². The van der Waals surface area contributed by atoms with Crippen LogP contribution in [0, 0.1) is 10.1 Å². The molecule has 20 heavy (non-hydrogen) atoms. The fourth-order valence-corrected chi connectivity index (χ4v) is 1.87. The standard InChI is InChI=1S/C13H18N2O5/c1-9(16)12-6-10(4-5-13(12)15(18)19)14(2)7-11(17)8-20-3/h4-6,11,17H,7-8H2,1-3H3. The van der Waals surface area contributed by atoms with Crippen molar-refractivity contribution >= 4 is 17.2 Å². The first-order chi connectivity index (χ1) is 9.36. The number of rotatable bonds is 7. The number of likely N-dealkylation sites (N-methyl/N-ethyl adjacent to an activating group) is 1. The number of aliphatic hydroxyl groups is 1. The van der Waals surface area contributed by atoms with Crippen molar-refractivity contribution in [2.75, 3.05) is 32.2 Å². The molecule has 1 N–H and O–H groups in total. The average Bonchev–Trinajstić information content (AvgIpc) is 2.37. The Kier molecular flexibility index (Phi) is 5.60. The molecular weight excluding hydrogens is 264 g/mol. The number of anilines is 1. The van der Waals surface area contributed by atoms with Crippen LogP contribution in [0.2, 0.25) is 0 Å². The minimum Gasteiger partial charge on any atom is -0.389 e. The van der Waals surface area contributed by atoms with Gasteiger partial charge in [-0.2, -0.15) is 0 Å². The summed E-state index contributed by atoms with van der Waals surface area (Å²) >= 11 is 0. The van der Waals surface area contributed by atoms with Crippen LogP contribution in [0.25, 0.3) is 0 Å². The molecule has 0 heterocycles. The zero-order valence-electron chi connectivity index (χ0n) is 11.7. The van der Waals surface area contributed by atoms with Crippen LogP contribution >= 0.6 is 0 Å². The first kappa shape index (κ1) is 16.1. The van der Waals surface area contributed by atoms with Gasteiger partial charge in [-0.3, -0.25) is 14.9 Å². The number of carbonyl (C=O) groups excluding carboxylic acids is 1. The van der Waals surface area contributed by atoms with Crippen molar-refractivity contribution in [1.29, 1.82) is 0 Å². The van der Waals surface area contributed by atoms with E-state index in [0.29, 0.717) is 12.2 Å². The second-order valence-electron chi connectivity index (χ2n) is 4.50. The number of nitrogens with zero attached hydrogens (tertiary/aromatic N) is 2. The second-order valence-corrected chi connectivity index (χ2v) is 4.50. The van der Waals surface area contributed by atoms with Crippen LogP contribution in [0.5, 0.6) is 0 Å². The Morgan fingerprint density at radius 2 is 2.20 bits per heavy atom. The van der Waals surface area contributed by atoms with Crippen LogP contribution in [-0.2, 0) is 4.74 Å². The fourth-order valence-electron chi connectivity index (χ4n) is 1.87. The lowest BCUT2D eigenvalue weighted by Gasteiger charge is -2.22. The van der Waals surface area contributed by atoms with Gasteiger partial charge in [-0.15, -0.1) is 0 Å². The first-order valence-corrected chi connectivity index (χ1v) is 6.04. The molecule has 0 spiro atoms. The Hall–Kier alpha value is -1.99. The van der Waals surface area contributed by atoms with Gasteiger partial charge < -0.3 is 14.7 Å². The highest BCUT2D eigenvalue weighted by atomic mass is 16.6. The van der Waals surface area contributed by atoms with Gasteiger partial charge in [0, 0.05) is 32.5 Å². The Morgan fingerprint density at radius 1 is 1.55 bits per heavy atom. The zero-order valence-corrected chi connectivity index (χ0v) is 11.7. The maximum atomic E-state index is 11.5. The molecule has 0 amide bonds. The summed E-state index contributed by atoms with van der Waals surface area (Å²) in [5.41, 5.74) is 0.462. The third-order valence-electron chi connectivity index (χ3n) is 2.84. The van der Waals surface area contributed by atoms with Crippen molar-refractivity contribution in [2.24, 2.45) is 0 Å². The van der Waals surface area contributed by atoms with E-state index in [0.717, 1.165) is 0 Å². The highest BCUT2D eigenvalue weighted by Crippen LogP contribution is 2.25. The molecule has 0 aliphatic rings. The first-order valence-electron chi connectivity index (χ1n) is 6.04. The molecule has 1 aromatic carbocycles. The number of hydrogen-bond donors (Lipinski definition) is 1. The van der Waals surface area contributed by atoms with Gasteiger partial charge in [0.05, 0.1) is 23.2 Å². The summed E-state index contributed by atoms with van der Waals surface area (Å²) in [7, 11) is 3.22. The lowest BCUT2D eigenvalue weighted by atomic mass is 10.1. The van der Waals surface area contributed by atoms with Crippen molar-refractivity contribution in [3.05, 3.63) is 33.9 Å². The molecule has 1 atom stereocenters. The van der Waals surface area contributed by atoms with Crippen molar-refractivity contribution in [3.8, 4) is 0 Å². The molecule has 0 bridgehead atoms. The van der Waals surface area contributed by atoms with E-state index >= 15 is 0 Å². The SMILES string of the molecule is COCC(O)CN(C)c1ccc([N+](=O)[O-])c(C(C)=O)c1. The maximum Gasteiger partial charge on any atom is 0.280 e. The molecular formula is C13H18N2O5. The van der Waals surface area contributed by atoms with Gasteiger partial charge in [0.25, 0.3) is 5.69 Å². The molecule has 0 aliphatic heterocycles. The summed E-state index contributed by atoms with van der Waals surface area (Å²) in [5, 5.41) is 20.5. The molecule has 1 unspecified atom stereocenters. The number of hydrogen-bond acceptors (Lipinski definition) is 6. The Labute approximate surface area is 116 Å². The second kappa shape index (κ2) is 6.97. The zero-order chi connectivity index (χ0) is 15.3. The van der Waals surface area contributed by atoms with Crippen molar-refractivity contribution in [1.82, 2.24) is 0 Å². The summed E-state index contributed by atoms with van der Waals surface area (Å²) in [4.78, 5) is 23.5. The van der Waals surface area contributed by atoms with Crippen LogP contribution in [-0.4, -0.2) is 49.2 Å². The van der Waals surface area contributed by atoms with E-state index in [-0.39, 0.29) is 23.6 Å². The third-order valence-corrected chi connectivity index (χ3v) is 2.84. The molecule has 0 saturated heterocycles. The summed E-state index contributed by atoms with van der Waals surface area (Å²) in [5.74, 6) is -0.371. The highest BCUT2D eigenvalue weighted by Gasteiger charge is 2.19. The fraction of sp³-hybridized carbons (Fsp3) is 0.462. The highest BCUT2D eigenvalue weighted by molar-refractivity contribution is 5.99. The van der Waals surface area contributed by atoms with Gasteiger partial charge in [-0.1, -0.05) is 0 Å². The maximum absolute atomic E-state index is 11.5. The molecule has 0 saturated carbocycles. The van der Waals surface area contributed by atoms with E-state index in [2.05, 4.69) is 0 Å². The van der Waals surface area contributed by atoms with Crippen LogP contribution in [0.15, 0.2) is 18.2 Å². The average molecular weight is 282 g/mol. The van der Waals surface area contributed by atoms with Gasteiger partial charge in [0.15, 0.2) is 5.78 Å². The quantitative estimate of drug-likeness (QED) is 0.459. The lowest BCUT2D eigenvalue weighted by Crippen LogP contribution is -2.31. The summed E-state index contributed by atoms with van der Waals surface area (Å²) in [6.07, 6.45) is -0.680. The van der Waals surface area contributed by atoms with Crippen molar-refractivity contribution in [2.45, 2.75) is 13.0 Å². The Bertz CT molecular complexity index is 504. The smallest absolute Gasteiger partial charge is 0.280 e. The molecule has 7 heteroatoms. The number of methoxy groups -OCH3 is 1. The predicted molar refractivity (Wildman–Crippen MR) is 74.3 cm³/mol. The molecule has 1 rings (SSSR count). The molecule has 1 aromatic rings. The Balaban J connectivity index is 2.99. The number of nitro benzene ring substituents is 1. The largest absolute Gasteiger partial charge is 0.389 e. The van der Waals surface area contributed by atoms with Gasteiger partial charge in [-0.05, 0) is 19.1 Å². The topological polar surface area (TPSA) is 92.9 Å². The number of carbonyl (C=O) groups is 1. The summed E-state index contributed by atoms with van der Waals surface area (Å²) in [6.45, 7) is 1.77. The normalized spacial score (nSPS) is 12.0. The predicted octanol–water partition coefficient (Wildman–Crippen LogP) is 1.24. The third kappa shape index (κ3) is 4.01. The minimum absolute atomic E-state index is 0.0561. The number of Topliss-reactive ketones (excluding diaryl/α,β-unsaturated/α-hetero) is 1. The number of aliphatic hydroxyl groups excluding tert-OH is 1. The van der Waals surface area contributed by atoms with E-state index < -0.39 is 11.0 Å². The number of ether oxygens (including phenoxy) is 1. The molecule has 110 valence electrons. The van der Waals surface area contributed by atoms with Crippen LogP contribution in [0.4, 0.5) is 11.4 Å². The number of nitro groups is 1. The van der Waals surface area contributed by atoms with E-state index in [1.165, 1.54) is 26.2 Å². The van der Waals surface area contributed by atoms with E-state index in [4.69, 9.17) is 4.74 Å². The van der Waals surface area contributed by atoms with Gasteiger partial charge in [0.1, 0.15) is 0 Å². The lowest BCUT2D eigenvalue weighted by molar-refractivity contribution is -0.385. The summed E-state index contributed by atoms with van der Waals surface area (Å²) in [6, 6.07) is 4.30. The van der Waals surface area contributed by atoms with Gasteiger partial charge in [-0.25, -0.2) is 0 Å². The van der Waals surface area contributed by atoms with Gasteiger partial charge >= 0.3 is 0 Å². The molecule has 0 aromatic heterocycles. The van der Waals surface area contributed by atoms with E-state index in [9.17, 15) is 20.0 Å². The number of benzene rings is 1. The minimum atomic E-state index is -0.680. The molecule has 7 nitrogen and oxygen atoms in total.